The highest BCUT2D eigenvalue weighted by Gasteiger charge is 2.18. The first-order valence-electron chi connectivity index (χ1n) is 7.60. The van der Waals surface area contributed by atoms with Gasteiger partial charge >= 0.3 is 5.97 Å². The molecule has 0 atom stereocenters. The number of pyridine rings is 1. The van der Waals surface area contributed by atoms with Crippen LogP contribution in [0.2, 0.25) is 0 Å². The van der Waals surface area contributed by atoms with E-state index in [9.17, 15) is 9.59 Å². The van der Waals surface area contributed by atoms with Gasteiger partial charge in [0, 0.05) is 18.3 Å². The Bertz CT molecular complexity index is 626. The molecule has 21 heavy (non-hydrogen) atoms. The Balaban J connectivity index is 2.29. The average molecular weight is 289 g/mol. The van der Waals surface area contributed by atoms with Gasteiger partial charge in [-0.25, -0.2) is 4.79 Å². The van der Waals surface area contributed by atoms with Crippen LogP contribution >= 0.6 is 0 Å². The SMILES string of the molecule is CCOC(=O)c1c(C)cc(=O)n(CCC2=CCCC2)c1C. The van der Waals surface area contributed by atoms with Crippen molar-refractivity contribution in [1.82, 2.24) is 4.57 Å². The zero-order chi connectivity index (χ0) is 15.4. The van der Waals surface area contributed by atoms with E-state index in [2.05, 4.69) is 6.08 Å². The van der Waals surface area contributed by atoms with Crippen molar-refractivity contribution in [1.29, 1.82) is 0 Å². The van der Waals surface area contributed by atoms with Crippen LogP contribution in [0.5, 0.6) is 0 Å². The Kier molecular flexibility index (Phi) is 4.99. The van der Waals surface area contributed by atoms with Gasteiger partial charge in [-0.05, 0) is 52.0 Å². The second kappa shape index (κ2) is 6.74. The molecule has 1 aliphatic carbocycles. The van der Waals surface area contributed by atoms with Gasteiger partial charge in [0.25, 0.3) is 5.56 Å². The first-order chi connectivity index (χ1) is 10.0. The lowest BCUT2D eigenvalue weighted by atomic mass is 10.1. The second-order valence-electron chi connectivity index (χ2n) is 5.50. The Hall–Kier alpha value is -1.84. The Morgan fingerprint density at radius 1 is 1.38 bits per heavy atom. The number of carbonyl (C=O) groups excluding carboxylic acids is 1. The normalized spacial score (nSPS) is 14.1. The summed E-state index contributed by atoms with van der Waals surface area (Å²) in [4.78, 5) is 24.3. The molecule has 1 aromatic rings. The fourth-order valence-corrected chi connectivity index (χ4v) is 2.93. The molecule has 0 spiro atoms. The lowest BCUT2D eigenvalue weighted by Crippen LogP contribution is -2.26. The summed E-state index contributed by atoms with van der Waals surface area (Å²) in [7, 11) is 0. The minimum Gasteiger partial charge on any atom is -0.462 e. The standard InChI is InChI=1S/C17H23NO3/c1-4-21-17(20)16-12(2)11-15(19)18(13(16)3)10-9-14-7-5-6-8-14/h7,11H,4-6,8-10H2,1-3H3. The summed E-state index contributed by atoms with van der Waals surface area (Å²) in [6.45, 7) is 6.35. The van der Waals surface area contributed by atoms with Crippen molar-refractivity contribution < 1.29 is 9.53 Å². The number of nitrogens with zero attached hydrogens (tertiary/aromatic N) is 1. The smallest absolute Gasteiger partial charge is 0.340 e. The summed E-state index contributed by atoms with van der Waals surface area (Å²) >= 11 is 0. The van der Waals surface area contributed by atoms with Crippen LogP contribution in [0, 0.1) is 13.8 Å². The predicted octanol–water partition coefficient (Wildman–Crippen LogP) is 3.14. The van der Waals surface area contributed by atoms with Crippen molar-refractivity contribution in [2.75, 3.05) is 6.61 Å². The molecule has 1 aliphatic rings. The lowest BCUT2D eigenvalue weighted by molar-refractivity contribution is 0.0523. The van der Waals surface area contributed by atoms with E-state index in [0.29, 0.717) is 30.0 Å². The van der Waals surface area contributed by atoms with E-state index in [0.717, 1.165) is 19.3 Å². The van der Waals surface area contributed by atoms with Gasteiger partial charge in [0.2, 0.25) is 0 Å². The highest BCUT2D eigenvalue weighted by molar-refractivity contribution is 5.92. The number of carbonyl (C=O) groups is 1. The maximum absolute atomic E-state index is 12.2. The van der Waals surface area contributed by atoms with Crippen LogP contribution in [0.4, 0.5) is 0 Å². The number of aryl methyl sites for hydroxylation is 1. The zero-order valence-electron chi connectivity index (χ0n) is 13.1. The third-order valence-electron chi connectivity index (χ3n) is 4.04. The molecule has 4 heteroatoms. The molecule has 0 bridgehead atoms. The van der Waals surface area contributed by atoms with Gasteiger partial charge in [-0.1, -0.05) is 11.6 Å². The van der Waals surface area contributed by atoms with Crippen molar-refractivity contribution in [2.24, 2.45) is 0 Å². The van der Waals surface area contributed by atoms with Gasteiger partial charge in [0.15, 0.2) is 0 Å². The first-order valence-corrected chi connectivity index (χ1v) is 7.60. The highest BCUT2D eigenvalue weighted by atomic mass is 16.5. The molecule has 1 heterocycles. The number of allylic oxidation sites excluding steroid dienone is 2. The van der Waals surface area contributed by atoms with Gasteiger partial charge in [0.05, 0.1) is 12.2 Å². The molecule has 114 valence electrons. The fraction of sp³-hybridized carbons (Fsp3) is 0.529. The Morgan fingerprint density at radius 3 is 2.76 bits per heavy atom. The van der Waals surface area contributed by atoms with Crippen molar-refractivity contribution in [3.63, 3.8) is 0 Å². The summed E-state index contributed by atoms with van der Waals surface area (Å²) in [6.07, 6.45) is 6.63. The molecule has 2 rings (SSSR count). The van der Waals surface area contributed by atoms with Crippen LogP contribution in [-0.4, -0.2) is 17.1 Å². The van der Waals surface area contributed by atoms with Crippen molar-refractivity contribution in [3.05, 3.63) is 44.9 Å². The van der Waals surface area contributed by atoms with E-state index in [1.807, 2.05) is 6.92 Å². The summed E-state index contributed by atoms with van der Waals surface area (Å²) < 4.78 is 6.79. The topological polar surface area (TPSA) is 48.3 Å². The molecule has 0 fully saturated rings. The largest absolute Gasteiger partial charge is 0.462 e. The molecular weight excluding hydrogens is 266 g/mol. The maximum Gasteiger partial charge on any atom is 0.340 e. The second-order valence-corrected chi connectivity index (χ2v) is 5.50. The molecule has 4 nitrogen and oxygen atoms in total. The van der Waals surface area contributed by atoms with Crippen LogP contribution in [0.15, 0.2) is 22.5 Å². The third-order valence-corrected chi connectivity index (χ3v) is 4.04. The van der Waals surface area contributed by atoms with E-state index < -0.39 is 0 Å². The van der Waals surface area contributed by atoms with E-state index in [1.54, 1.807) is 18.4 Å². The lowest BCUT2D eigenvalue weighted by Gasteiger charge is -2.15. The number of aromatic nitrogens is 1. The average Bonchev–Trinajstić information content (AvgIpc) is 2.91. The van der Waals surface area contributed by atoms with Gasteiger partial charge < -0.3 is 9.30 Å². The molecule has 0 saturated carbocycles. The van der Waals surface area contributed by atoms with E-state index in [4.69, 9.17) is 4.74 Å². The van der Waals surface area contributed by atoms with Gasteiger partial charge in [-0.2, -0.15) is 0 Å². The highest BCUT2D eigenvalue weighted by Crippen LogP contribution is 2.21. The molecule has 0 unspecified atom stereocenters. The monoisotopic (exact) mass is 289 g/mol. The molecule has 0 saturated heterocycles. The van der Waals surface area contributed by atoms with Crippen LogP contribution in [0.1, 0.15) is 54.2 Å². The molecular formula is C17H23NO3. The number of ether oxygens (including phenoxy) is 1. The number of hydrogen-bond acceptors (Lipinski definition) is 3. The maximum atomic E-state index is 12.2. The van der Waals surface area contributed by atoms with E-state index in [-0.39, 0.29) is 11.5 Å². The summed E-state index contributed by atoms with van der Waals surface area (Å²) in [5.41, 5.74) is 3.29. The zero-order valence-corrected chi connectivity index (χ0v) is 13.1. The summed E-state index contributed by atoms with van der Waals surface area (Å²) in [5.74, 6) is -0.346. The van der Waals surface area contributed by atoms with Crippen LogP contribution in [-0.2, 0) is 11.3 Å². The quantitative estimate of drug-likeness (QED) is 0.618. The molecule has 0 radical (unpaired) electrons. The van der Waals surface area contributed by atoms with E-state index >= 15 is 0 Å². The number of rotatable bonds is 5. The fourth-order valence-electron chi connectivity index (χ4n) is 2.93. The summed E-state index contributed by atoms with van der Waals surface area (Å²) in [6, 6.07) is 1.53. The third kappa shape index (κ3) is 3.43. The Labute approximate surface area is 125 Å². The molecule has 0 N–H and O–H groups in total. The minimum atomic E-state index is -0.346. The van der Waals surface area contributed by atoms with Crippen molar-refractivity contribution in [2.45, 2.75) is 53.0 Å². The van der Waals surface area contributed by atoms with Gasteiger partial charge in [-0.15, -0.1) is 0 Å². The van der Waals surface area contributed by atoms with Gasteiger partial charge in [-0.3, -0.25) is 4.79 Å². The molecule has 0 aromatic carbocycles. The molecule has 1 aromatic heterocycles. The predicted molar refractivity (Wildman–Crippen MR) is 82.7 cm³/mol. The van der Waals surface area contributed by atoms with Crippen LogP contribution in [0.3, 0.4) is 0 Å². The van der Waals surface area contributed by atoms with Crippen molar-refractivity contribution >= 4 is 5.97 Å². The number of esters is 1. The van der Waals surface area contributed by atoms with Crippen LogP contribution in [0.25, 0.3) is 0 Å². The Morgan fingerprint density at radius 2 is 2.14 bits per heavy atom. The molecule has 0 amide bonds. The molecule has 0 aliphatic heterocycles. The van der Waals surface area contributed by atoms with Gasteiger partial charge in [0.1, 0.15) is 0 Å². The number of hydrogen-bond donors (Lipinski definition) is 0. The first kappa shape index (κ1) is 15.5. The summed E-state index contributed by atoms with van der Waals surface area (Å²) in [5, 5.41) is 0. The van der Waals surface area contributed by atoms with E-state index in [1.165, 1.54) is 18.1 Å². The van der Waals surface area contributed by atoms with Crippen LogP contribution < -0.4 is 5.56 Å². The van der Waals surface area contributed by atoms with Crippen molar-refractivity contribution in [3.8, 4) is 0 Å². The minimum absolute atomic E-state index is 0.0448.